The lowest BCUT2D eigenvalue weighted by atomic mass is 9.97. The SMILES string of the molecule is O=C(c1ccc(O)c(CCc2ccccc2)c1)[C@@H]1CCCN1C(=O)C(F)(F)F. The average molecular weight is 391 g/mol. The maximum Gasteiger partial charge on any atom is 0.471 e. The molecule has 1 atom stereocenters. The topological polar surface area (TPSA) is 57.6 Å². The first-order valence-corrected chi connectivity index (χ1v) is 9.05. The van der Waals surface area contributed by atoms with Gasteiger partial charge in [-0.25, -0.2) is 0 Å². The van der Waals surface area contributed by atoms with Gasteiger partial charge in [0.25, 0.3) is 0 Å². The molecule has 4 nitrogen and oxygen atoms in total. The number of hydrogen-bond acceptors (Lipinski definition) is 3. The van der Waals surface area contributed by atoms with Gasteiger partial charge in [-0.15, -0.1) is 0 Å². The molecule has 1 amide bonds. The molecular weight excluding hydrogens is 371 g/mol. The van der Waals surface area contributed by atoms with Gasteiger partial charge in [-0.2, -0.15) is 13.2 Å². The van der Waals surface area contributed by atoms with Gasteiger partial charge in [0.05, 0.1) is 6.04 Å². The van der Waals surface area contributed by atoms with Crippen molar-refractivity contribution in [2.75, 3.05) is 6.54 Å². The summed E-state index contributed by atoms with van der Waals surface area (Å²) in [5.41, 5.74) is 1.81. The van der Waals surface area contributed by atoms with E-state index in [2.05, 4.69) is 0 Å². The van der Waals surface area contributed by atoms with E-state index < -0.39 is 23.9 Å². The van der Waals surface area contributed by atoms with Crippen LogP contribution in [0.5, 0.6) is 5.75 Å². The fraction of sp³-hybridized carbons (Fsp3) is 0.333. The van der Waals surface area contributed by atoms with E-state index in [-0.39, 0.29) is 24.3 Å². The van der Waals surface area contributed by atoms with Crippen molar-refractivity contribution >= 4 is 11.7 Å². The number of aromatic hydroxyl groups is 1. The first-order chi connectivity index (χ1) is 13.3. The minimum atomic E-state index is -5.00. The Labute approximate surface area is 160 Å². The van der Waals surface area contributed by atoms with Crippen LogP contribution in [0.2, 0.25) is 0 Å². The molecule has 0 unspecified atom stereocenters. The molecule has 2 aromatic rings. The van der Waals surface area contributed by atoms with Crippen molar-refractivity contribution in [2.45, 2.75) is 37.9 Å². The van der Waals surface area contributed by atoms with E-state index in [1.165, 1.54) is 18.2 Å². The van der Waals surface area contributed by atoms with Crippen molar-refractivity contribution in [2.24, 2.45) is 0 Å². The van der Waals surface area contributed by atoms with E-state index in [0.29, 0.717) is 29.7 Å². The smallest absolute Gasteiger partial charge is 0.471 e. The Hall–Kier alpha value is -2.83. The first-order valence-electron chi connectivity index (χ1n) is 9.05. The molecular formula is C21H20F3NO3. The van der Waals surface area contributed by atoms with Crippen molar-refractivity contribution in [3.05, 3.63) is 65.2 Å². The van der Waals surface area contributed by atoms with Gasteiger partial charge in [0.15, 0.2) is 5.78 Å². The molecule has 148 valence electrons. The molecule has 0 bridgehead atoms. The summed E-state index contributed by atoms with van der Waals surface area (Å²) < 4.78 is 38.3. The number of halogens is 3. The van der Waals surface area contributed by atoms with Gasteiger partial charge in [0, 0.05) is 12.1 Å². The van der Waals surface area contributed by atoms with Crippen LogP contribution in [-0.2, 0) is 17.6 Å². The lowest BCUT2D eigenvalue weighted by Crippen LogP contribution is -2.46. The summed E-state index contributed by atoms with van der Waals surface area (Å²) in [6.45, 7) is -0.0896. The maximum absolute atomic E-state index is 12.8. The zero-order valence-corrected chi connectivity index (χ0v) is 15.1. The number of phenolic OH excluding ortho intramolecular Hbond substituents is 1. The highest BCUT2D eigenvalue weighted by atomic mass is 19.4. The molecule has 1 aliphatic heterocycles. The second-order valence-electron chi connectivity index (χ2n) is 6.85. The summed E-state index contributed by atoms with van der Waals surface area (Å²) in [6, 6.07) is 12.8. The van der Waals surface area contributed by atoms with Crippen molar-refractivity contribution in [3.63, 3.8) is 0 Å². The third-order valence-electron chi connectivity index (χ3n) is 4.95. The van der Waals surface area contributed by atoms with Gasteiger partial charge in [0.2, 0.25) is 0 Å². The van der Waals surface area contributed by atoms with E-state index in [4.69, 9.17) is 0 Å². The van der Waals surface area contributed by atoms with Crippen LogP contribution in [0.15, 0.2) is 48.5 Å². The summed E-state index contributed by atoms with van der Waals surface area (Å²) in [5, 5.41) is 10.1. The summed E-state index contributed by atoms with van der Waals surface area (Å²) in [6.07, 6.45) is -3.34. The molecule has 0 saturated carbocycles. The third kappa shape index (κ3) is 4.35. The number of likely N-dealkylation sites (tertiary alicyclic amines) is 1. The average Bonchev–Trinajstić information content (AvgIpc) is 3.15. The Morgan fingerprint density at radius 1 is 1.07 bits per heavy atom. The predicted octanol–water partition coefficient (Wildman–Crippen LogP) is 3.91. The molecule has 7 heteroatoms. The number of Topliss-reactive ketones (excluding diaryl/α,β-unsaturated/α-hetero) is 1. The van der Waals surface area contributed by atoms with Gasteiger partial charge >= 0.3 is 12.1 Å². The monoisotopic (exact) mass is 391 g/mol. The molecule has 0 spiro atoms. The third-order valence-corrected chi connectivity index (χ3v) is 4.95. The molecule has 1 aliphatic rings. The fourth-order valence-corrected chi connectivity index (χ4v) is 3.50. The van der Waals surface area contributed by atoms with Crippen molar-refractivity contribution in [3.8, 4) is 5.75 Å². The molecule has 0 aliphatic carbocycles. The Bertz CT molecular complexity index is 865. The Morgan fingerprint density at radius 2 is 1.79 bits per heavy atom. The van der Waals surface area contributed by atoms with E-state index in [9.17, 15) is 27.9 Å². The van der Waals surface area contributed by atoms with Gasteiger partial charge < -0.3 is 10.0 Å². The van der Waals surface area contributed by atoms with Crippen LogP contribution in [-0.4, -0.2) is 40.5 Å². The normalized spacial score (nSPS) is 17.0. The summed E-state index contributed by atoms with van der Waals surface area (Å²) in [4.78, 5) is 25.0. The highest BCUT2D eigenvalue weighted by molar-refractivity contribution is 6.02. The van der Waals surface area contributed by atoms with Crippen molar-refractivity contribution in [1.82, 2.24) is 4.90 Å². The van der Waals surface area contributed by atoms with Crippen LogP contribution in [0, 0.1) is 0 Å². The number of alkyl halides is 3. The second kappa shape index (κ2) is 8.04. The highest BCUT2D eigenvalue weighted by Gasteiger charge is 2.47. The lowest BCUT2D eigenvalue weighted by molar-refractivity contribution is -0.185. The molecule has 28 heavy (non-hydrogen) atoms. The van der Waals surface area contributed by atoms with Crippen molar-refractivity contribution in [1.29, 1.82) is 0 Å². The van der Waals surface area contributed by atoms with Gasteiger partial charge in [-0.1, -0.05) is 30.3 Å². The van der Waals surface area contributed by atoms with Gasteiger partial charge in [0.1, 0.15) is 5.75 Å². The fourth-order valence-electron chi connectivity index (χ4n) is 3.50. The van der Waals surface area contributed by atoms with E-state index >= 15 is 0 Å². The number of rotatable bonds is 5. The second-order valence-corrected chi connectivity index (χ2v) is 6.85. The van der Waals surface area contributed by atoms with Gasteiger partial charge in [-0.3, -0.25) is 9.59 Å². The Balaban J connectivity index is 1.77. The van der Waals surface area contributed by atoms with E-state index in [1.807, 2.05) is 30.3 Å². The molecule has 1 heterocycles. The number of ketones is 1. The van der Waals surface area contributed by atoms with E-state index in [1.54, 1.807) is 0 Å². The van der Waals surface area contributed by atoms with Gasteiger partial charge in [-0.05, 0) is 55.0 Å². The molecule has 0 radical (unpaired) electrons. The first kappa shape index (κ1) is 19.9. The van der Waals surface area contributed by atoms with Crippen LogP contribution in [0.1, 0.15) is 34.3 Å². The quantitative estimate of drug-likeness (QED) is 0.787. The molecule has 0 aromatic heterocycles. The van der Waals surface area contributed by atoms with Crippen LogP contribution in [0.3, 0.4) is 0 Å². The summed E-state index contributed by atoms with van der Waals surface area (Å²) >= 11 is 0. The number of carbonyl (C=O) groups is 2. The number of hydrogen-bond donors (Lipinski definition) is 1. The van der Waals surface area contributed by atoms with Crippen molar-refractivity contribution < 1.29 is 27.9 Å². The predicted molar refractivity (Wildman–Crippen MR) is 97.1 cm³/mol. The largest absolute Gasteiger partial charge is 0.508 e. The minimum absolute atomic E-state index is 0.0297. The van der Waals surface area contributed by atoms with Crippen LogP contribution >= 0.6 is 0 Å². The number of aryl methyl sites for hydroxylation is 2. The molecule has 2 aromatic carbocycles. The highest BCUT2D eigenvalue weighted by Crippen LogP contribution is 2.29. The van der Waals surface area contributed by atoms with Crippen LogP contribution < -0.4 is 0 Å². The number of carbonyl (C=O) groups excluding carboxylic acids is 2. The summed E-state index contributed by atoms with van der Waals surface area (Å²) in [7, 11) is 0. The molecule has 3 rings (SSSR count). The number of nitrogens with zero attached hydrogens (tertiary/aromatic N) is 1. The molecule has 1 saturated heterocycles. The Morgan fingerprint density at radius 3 is 2.46 bits per heavy atom. The zero-order chi connectivity index (χ0) is 20.3. The maximum atomic E-state index is 12.8. The van der Waals surface area contributed by atoms with E-state index in [0.717, 1.165) is 5.56 Å². The molecule has 1 fully saturated rings. The lowest BCUT2D eigenvalue weighted by Gasteiger charge is -2.24. The Kier molecular flexibility index (Phi) is 5.72. The number of phenols is 1. The number of amides is 1. The number of benzene rings is 2. The minimum Gasteiger partial charge on any atom is -0.508 e. The standard InChI is InChI=1S/C21H20F3NO3/c22-21(23,24)20(28)25-12-4-7-17(25)19(27)16-10-11-18(26)15(13-16)9-8-14-5-2-1-3-6-14/h1-3,5-6,10-11,13,17,26H,4,7-9,12H2/t17-/m0/s1. The zero-order valence-electron chi connectivity index (χ0n) is 15.1. The summed E-state index contributed by atoms with van der Waals surface area (Å²) in [5.74, 6) is -2.48. The van der Waals surface area contributed by atoms with Crippen LogP contribution in [0.4, 0.5) is 13.2 Å². The van der Waals surface area contributed by atoms with Crippen LogP contribution in [0.25, 0.3) is 0 Å². The molecule has 1 N–H and O–H groups in total.